The molecular formula is C26H20FNO7S2. The van der Waals surface area contributed by atoms with Gasteiger partial charge in [0.15, 0.2) is 6.61 Å². The number of rotatable bonds is 11. The maximum Gasteiger partial charge on any atom is 0.341 e. The number of halogens is 1. The Morgan fingerprint density at radius 3 is 1.76 bits per heavy atom. The molecule has 0 saturated heterocycles. The van der Waals surface area contributed by atoms with Gasteiger partial charge in [-0.3, -0.25) is 9.59 Å². The third-order valence-electron chi connectivity index (χ3n) is 5.17. The highest BCUT2D eigenvalue weighted by Crippen LogP contribution is 2.42. The molecule has 0 radical (unpaired) electrons. The Kier molecular flexibility index (Phi) is 7.85. The van der Waals surface area contributed by atoms with E-state index in [9.17, 15) is 29.0 Å². The third kappa shape index (κ3) is 6.51. The zero-order valence-corrected chi connectivity index (χ0v) is 20.7. The van der Waals surface area contributed by atoms with Crippen LogP contribution in [0.1, 0.15) is 0 Å². The molecule has 0 unspecified atom stereocenters. The summed E-state index contributed by atoms with van der Waals surface area (Å²) in [5.41, 5.74) is 1.77. The van der Waals surface area contributed by atoms with E-state index in [1.807, 2.05) is 24.3 Å². The van der Waals surface area contributed by atoms with Crippen LogP contribution >= 0.6 is 22.7 Å². The molecule has 0 fully saturated rings. The van der Waals surface area contributed by atoms with Crippen molar-refractivity contribution >= 4 is 46.3 Å². The largest absolute Gasteiger partial charge is 0.480 e. The Bertz CT molecular complexity index is 1430. The maximum absolute atomic E-state index is 13.2. The fraction of sp³-hybridized carbons (Fsp3) is 0.115. The number of hydrogen-bond acceptors (Lipinski definition) is 7. The van der Waals surface area contributed by atoms with E-state index in [-0.39, 0.29) is 17.3 Å². The Balaban J connectivity index is 1.64. The van der Waals surface area contributed by atoms with Crippen molar-refractivity contribution in [2.45, 2.75) is 0 Å². The number of carboxylic acid groups (broad SMARTS) is 3. The second-order valence-corrected chi connectivity index (χ2v) is 10.0. The second kappa shape index (κ2) is 11.2. The molecule has 4 rings (SSSR count). The monoisotopic (exact) mass is 541 g/mol. The van der Waals surface area contributed by atoms with Gasteiger partial charge in [-0.15, -0.1) is 22.7 Å². The Morgan fingerprint density at radius 2 is 1.22 bits per heavy atom. The SMILES string of the molecule is O=C(O)COc1cc(-c2ccc(-c3ccc(-c4ccc(F)cc4)s3)s2)ccc1N(CC(=O)O)CC(=O)O. The van der Waals surface area contributed by atoms with Crippen molar-refractivity contribution in [1.29, 1.82) is 0 Å². The highest BCUT2D eigenvalue weighted by molar-refractivity contribution is 7.25. The molecule has 190 valence electrons. The molecule has 3 N–H and O–H groups in total. The molecule has 2 heterocycles. The highest BCUT2D eigenvalue weighted by Gasteiger charge is 2.20. The number of thiophene rings is 2. The van der Waals surface area contributed by atoms with Gasteiger partial charge in [0, 0.05) is 19.5 Å². The average molecular weight is 542 g/mol. The average Bonchev–Trinajstić information content (AvgIpc) is 3.52. The van der Waals surface area contributed by atoms with Crippen LogP contribution in [0.25, 0.3) is 30.6 Å². The Morgan fingerprint density at radius 1 is 0.703 bits per heavy atom. The van der Waals surface area contributed by atoms with E-state index < -0.39 is 37.6 Å². The molecule has 4 aromatic rings. The molecule has 37 heavy (non-hydrogen) atoms. The fourth-order valence-electron chi connectivity index (χ4n) is 3.60. The molecule has 0 saturated carbocycles. The number of nitrogens with zero attached hydrogens (tertiary/aromatic N) is 1. The number of carboxylic acids is 3. The lowest BCUT2D eigenvalue weighted by atomic mass is 10.1. The molecule has 0 amide bonds. The minimum Gasteiger partial charge on any atom is -0.480 e. The van der Waals surface area contributed by atoms with Crippen LogP contribution < -0.4 is 9.64 Å². The van der Waals surface area contributed by atoms with Crippen molar-refractivity contribution in [3.8, 4) is 36.4 Å². The van der Waals surface area contributed by atoms with E-state index in [4.69, 9.17) is 9.84 Å². The molecule has 11 heteroatoms. The summed E-state index contributed by atoms with van der Waals surface area (Å²) >= 11 is 3.06. The summed E-state index contributed by atoms with van der Waals surface area (Å²) in [5, 5.41) is 27.5. The van der Waals surface area contributed by atoms with E-state index in [0.29, 0.717) is 5.56 Å². The van der Waals surface area contributed by atoms with Gasteiger partial charge in [-0.05, 0) is 59.7 Å². The summed E-state index contributed by atoms with van der Waals surface area (Å²) in [6.07, 6.45) is 0. The van der Waals surface area contributed by atoms with Gasteiger partial charge in [0.05, 0.1) is 5.69 Å². The molecular weight excluding hydrogens is 521 g/mol. The van der Waals surface area contributed by atoms with Crippen LogP contribution in [0.4, 0.5) is 10.1 Å². The van der Waals surface area contributed by atoms with Crippen LogP contribution in [0, 0.1) is 5.82 Å². The van der Waals surface area contributed by atoms with Crippen LogP contribution in [-0.4, -0.2) is 52.9 Å². The number of aliphatic carboxylic acids is 3. The third-order valence-corrected chi connectivity index (χ3v) is 7.64. The second-order valence-electron chi connectivity index (χ2n) is 7.84. The summed E-state index contributed by atoms with van der Waals surface area (Å²) in [4.78, 5) is 38.6. The first-order valence-electron chi connectivity index (χ1n) is 10.8. The smallest absolute Gasteiger partial charge is 0.341 e. The number of anilines is 1. The van der Waals surface area contributed by atoms with E-state index >= 15 is 0 Å². The van der Waals surface area contributed by atoms with E-state index in [0.717, 1.165) is 30.0 Å². The summed E-state index contributed by atoms with van der Waals surface area (Å²) in [5.74, 6) is -3.95. The van der Waals surface area contributed by atoms with Crippen molar-refractivity contribution in [3.05, 3.63) is 72.5 Å². The zero-order chi connectivity index (χ0) is 26.5. The summed E-state index contributed by atoms with van der Waals surface area (Å²) in [7, 11) is 0. The summed E-state index contributed by atoms with van der Waals surface area (Å²) in [6, 6.07) is 18.9. The molecule has 2 aromatic carbocycles. The maximum atomic E-state index is 13.2. The van der Waals surface area contributed by atoms with Crippen LogP contribution in [0.15, 0.2) is 66.7 Å². The van der Waals surface area contributed by atoms with Crippen LogP contribution in [0.5, 0.6) is 5.75 Å². The van der Waals surface area contributed by atoms with Gasteiger partial charge >= 0.3 is 17.9 Å². The molecule has 0 aliphatic carbocycles. The van der Waals surface area contributed by atoms with Gasteiger partial charge in [-0.2, -0.15) is 0 Å². The fourth-order valence-corrected chi connectivity index (χ4v) is 5.71. The van der Waals surface area contributed by atoms with Crippen molar-refractivity contribution in [2.24, 2.45) is 0 Å². The van der Waals surface area contributed by atoms with Crippen LogP contribution in [-0.2, 0) is 14.4 Å². The van der Waals surface area contributed by atoms with Gasteiger partial charge in [0.1, 0.15) is 24.7 Å². The molecule has 2 aromatic heterocycles. The van der Waals surface area contributed by atoms with Crippen LogP contribution in [0.2, 0.25) is 0 Å². The van der Waals surface area contributed by atoms with Crippen molar-refractivity contribution in [1.82, 2.24) is 0 Å². The van der Waals surface area contributed by atoms with Crippen molar-refractivity contribution < 1.29 is 38.8 Å². The Hall–Kier alpha value is -4.22. The van der Waals surface area contributed by atoms with Crippen LogP contribution in [0.3, 0.4) is 0 Å². The number of ether oxygens (including phenoxy) is 1. The molecule has 0 bridgehead atoms. The van der Waals surface area contributed by atoms with Gasteiger partial charge in [-0.1, -0.05) is 18.2 Å². The molecule has 8 nitrogen and oxygen atoms in total. The predicted octanol–water partition coefficient (Wildman–Crippen LogP) is 5.39. The first-order chi connectivity index (χ1) is 17.7. The van der Waals surface area contributed by atoms with Gasteiger partial charge in [0.2, 0.25) is 0 Å². The Labute approximate surface area is 218 Å². The van der Waals surface area contributed by atoms with E-state index in [1.54, 1.807) is 35.6 Å². The first kappa shape index (κ1) is 25.9. The quantitative estimate of drug-likeness (QED) is 0.231. The highest BCUT2D eigenvalue weighted by atomic mass is 32.1. The summed E-state index contributed by atoms with van der Waals surface area (Å²) in [6.45, 7) is -1.89. The standard InChI is InChI=1S/C26H20FNO7S2/c27-17-4-1-15(2-5-17)20-7-9-22(36-20)23-10-8-21(37-23)16-3-6-18(19(11-16)35-14-26(33)34)28(12-24(29)30)13-25(31)32/h1-11H,12-14H2,(H,29,30)(H,31,32)(H,33,34). The molecule has 0 aliphatic heterocycles. The predicted molar refractivity (Wildman–Crippen MR) is 139 cm³/mol. The number of benzene rings is 2. The zero-order valence-electron chi connectivity index (χ0n) is 19.1. The van der Waals surface area contributed by atoms with E-state index in [2.05, 4.69) is 0 Å². The molecule has 0 atom stereocenters. The minimum absolute atomic E-state index is 0.0621. The topological polar surface area (TPSA) is 124 Å². The summed E-state index contributed by atoms with van der Waals surface area (Å²) < 4.78 is 18.7. The molecule has 0 spiro atoms. The van der Waals surface area contributed by atoms with E-state index in [1.165, 1.54) is 29.5 Å². The lowest BCUT2D eigenvalue weighted by Crippen LogP contribution is -2.34. The lowest BCUT2D eigenvalue weighted by molar-refractivity contribution is -0.140. The van der Waals surface area contributed by atoms with Gasteiger partial charge < -0.3 is 25.0 Å². The van der Waals surface area contributed by atoms with Crippen molar-refractivity contribution in [3.63, 3.8) is 0 Å². The van der Waals surface area contributed by atoms with Gasteiger partial charge in [0.25, 0.3) is 0 Å². The first-order valence-corrected chi connectivity index (χ1v) is 12.5. The number of hydrogen-bond donors (Lipinski definition) is 3. The normalized spacial score (nSPS) is 10.7. The van der Waals surface area contributed by atoms with Gasteiger partial charge in [-0.25, -0.2) is 9.18 Å². The van der Waals surface area contributed by atoms with Crippen molar-refractivity contribution in [2.75, 3.05) is 24.6 Å². The molecule has 0 aliphatic rings. The minimum atomic E-state index is -1.24. The lowest BCUT2D eigenvalue weighted by Gasteiger charge is -2.23. The number of carbonyl (C=O) groups is 3.